The van der Waals surface area contributed by atoms with Crippen molar-refractivity contribution < 1.29 is 17.6 Å². The minimum atomic E-state index is -3.59. The summed E-state index contributed by atoms with van der Waals surface area (Å²) < 4.78 is 33.7. The second-order valence-corrected chi connectivity index (χ2v) is 10.2. The molecule has 31 heavy (non-hydrogen) atoms. The number of rotatable bonds is 5. The van der Waals surface area contributed by atoms with Crippen LogP contribution in [0.4, 0.5) is 6.01 Å². The zero-order valence-corrected chi connectivity index (χ0v) is 19.2. The third-order valence-corrected chi connectivity index (χ3v) is 7.70. The zero-order chi connectivity index (χ0) is 22.0. The number of piperidine rings is 1. The van der Waals surface area contributed by atoms with E-state index in [4.69, 9.17) is 4.42 Å². The van der Waals surface area contributed by atoms with Crippen molar-refractivity contribution in [3.63, 3.8) is 0 Å². The predicted octanol–water partition coefficient (Wildman–Crippen LogP) is 4.31. The lowest BCUT2D eigenvalue weighted by Crippen LogP contribution is -2.41. The van der Waals surface area contributed by atoms with E-state index in [1.165, 1.54) is 28.6 Å². The molecule has 1 saturated heterocycles. The van der Waals surface area contributed by atoms with Crippen molar-refractivity contribution in [3.05, 3.63) is 58.6 Å². The minimum Gasteiger partial charge on any atom is -0.403 e. The number of hydrogen-bond acceptors (Lipinski definition) is 6. The van der Waals surface area contributed by atoms with Crippen molar-refractivity contribution in [1.82, 2.24) is 14.5 Å². The van der Waals surface area contributed by atoms with Crippen molar-refractivity contribution in [2.24, 2.45) is 0 Å². The number of anilines is 1. The Hall–Kier alpha value is -2.56. The first-order valence-electron chi connectivity index (χ1n) is 9.87. The Balaban J connectivity index is 1.47. The molecule has 1 aliphatic rings. The molecule has 2 heterocycles. The largest absolute Gasteiger partial charge is 0.403 e. The Morgan fingerprint density at radius 3 is 2.65 bits per heavy atom. The monoisotopic (exact) mass is 504 g/mol. The first kappa shape index (κ1) is 21.7. The third kappa shape index (κ3) is 4.70. The van der Waals surface area contributed by atoms with Gasteiger partial charge in [0.05, 0.1) is 4.90 Å². The van der Waals surface area contributed by atoms with Gasteiger partial charge < -0.3 is 4.42 Å². The minimum absolute atomic E-state index is 0.0290. The van der Waals surface area contributed by atoms with Crippen LogP contribution in [-0.2, 0) is 10.0 Å². The van der Waals surface area contributed by atoms with Gasteiger partial charge in [-0.15, -0.1) is 5.10 Å². The van der Waals surface area contributed by atoms with Crippen LogP contribution in [-0.4, -0.2) is 41.4 Å². The van der Waals surface area contributed by atoms with E-state index in [2.05, 4.69) is 31.4 Å². The average molecular weight is 505 g/mol. The molecule has 1 aromatic heterocycles. The molecule has 2 aromatic carbocycles. The number of nitrogens with one attached hydrogen (secondary N) is 1. The van der Waals surface area contributed by atoms with Crippen LogP contribution < -0.4 is 5.32 Å². The number of amides is 1. The molecule has 1 atom stereocenters. The summed E-state index contributed by atoms with van der Waals surface area (Å²) in [5.41, 5.74) is 0.997. The molecule has 3 aromatic rings. The Labute approximate surface area is 188 Å². The van der Waals surface area contributed by atoms with Crippen molar-refractivity contribution in [1.29, 1.82) is 0 Å². The van der Waals surface area contributed by atoms with Gasteiger partial charge in [0.25, 0.3) is 5.91 Å². The fraction of sp³-hybridized carbons (Fsp3) is 0.286. The van der Waals surface area contributed by atoms with Crippen LogP contribution in [0, 0.1) is 0 Å². The molecular formula is C21H21BrN4O4S. The molecule has 0 radical (unpaired) electrons. The molecular weight excluding hydrogens is 484 g/mol. The van der Waals surface area contributed by atoms with Crippen molar-refractivity contribution in [2.45, 2.75) is 37.1 Å². The van der Waals surface area contributed by atoms with Gasteiger partial charge in [-0.3, -0.25) is 10.1 Å². The van der Waals surface area contributed by atoms with E-state index < -0.39 is 15.9 Å². The van der Waals surface area contributed by atoms with Gasteiger partial charge in [0, 0.05) is 28.2 Å². The number of hydrogen-bond donors (Lipinski definition) is 1. The highest BCUT2D eigenvalue weighted by molar-refractivity contribution is 9.10. The Morgan fingerprint density at radius 1 is 1.16 bits per heavy atom. The van der Waals surface area contributed by atoms with E-state index in [-0.39, 0.29) is 28.4 Å². The molecule has 1 amide bonds. The SMILES string of the molecule is CC1CCCCN1S(=O)(=O)c1ccc(C(=O)Nc2nnc(-c3cccc(Br)c3)o2)cc1. The fourth-order valence-electron chi connectivity index (χ4n) is 3.52. The van der Waals surface area contributed by atoms with Crippen LogP contribution in [0.5, 0.6) is 0 Å². The van der Waals surface area contributed by atoms with Crippen LogP contribution in [0.1, 0.15) is 36.5 Å². The second kappa shape index (κ2) is 8.89. The summed E-state index contributed by atoms with van der Waals surface area (Å²) in [5.74, 6) is -0.201. The van der Waals surface area contributed by atoms with Crippen LogP contribution >= 0.6 is 15.9 Å². The molecule has 162 valence electrons. The summed E-state index contributed by atoms with van der Waals surface area (Å²) in [4.78, 5) is 12.7. The third-order valence-electron chi connectivity index (χ3n) is 5.18. The van der Waals surface area contributed by atoms with E-state index in [0.29, 0.717) is 12.1 Å². The standard InChI is InChI=1S/C21H21BrN4O4S/c1-14-5-2-3-12-26(14)31(28,29)18-10-8-15(9-11-18)19(27)23-21-25-24-20(30-21)16-6-4-7-17(22)13-16/h4,6-11,13-14H,2-3,5,12H2,1H3,(H,23,25,27). The second-order valence-electron chi connectivity index (χ2n) is 7.36. The maximum absolute atomic E-state index is 12.9. The van der Waals surface area contributed by atoms with E-state index >= 15 is 0 Å². The molecule has 1 unspecified atom stereocenters. The van der Waals surface area contributed by atoms with Crippen LogP contribution in [0.2, 0.25) is 0 Å². The molecule has 8 nitrogen and oxygen atoms in total. The molecule has 4 rings (SSSR count). The van der Waals surface area contributed by atoms with Crippen LogP contribution in [0.25, 0.3) is 11.5 Å². The summed E-state index contributed by atoms with van der Waals surface area (Å²) in [6, 6.07) is 13.1. The van der Waals surface area contributed by atoms with Gasteiger partial charge in [0.2, 0.25) is 15.9 Å². The molecule has 1 aliphatic heterocycles. The lowest BCUT2D eigenvalue weighted by Gasteiger charge is -2.32. The van der Waals surface area contributed by atoms with Gasteiger partial charge in [-0.1, -0.05) is 33.5 Å². The summed E-state index contributed by atoms with van der Waals surface area (Å²) in [6.07, 6.45) is 2.74. The summed E-state index contributed by atoms with van der Waals surface area (Å²) in [5, 5.41) is 10.3. The topological polar surface area (TPSA) is 105 Å². The van der Waals surface area contributed by atoms with Gasteiger partial charge in [0.1, 0.15) is 0 Å². The smallest absolute Gasteiger partial charge is 0.322 e. The highest BCUT2D eigenvalue weighted by Gasteiger charge is 2.31. The molecule has 1 fully saturated rings. The normalized spacial score (nSPS) is 17.4. The van der Waals surface area contributed by atoms with Crippen molar-refractivity contribution in [2.75, 3.05) is 11.9 Å². The maximum Gasteiger partial charge on any atom is 0.322 e. The Morgan fingerprint density at radius 2 is 1.94 bits per heavy atom. The average Bonchev–Trinajstić information content (AvgIpc) is 3.22. The first-order chi connectivity index (χ1) is 14.8. The van der Waals surface area contributed by atoms with Crippen molar-refractivity contribution >= 4 is 37.9 Å². The number of halogens is 1. The highest BCUT2D eigenvalue weighted by Crippen LogP contribution is 2.26. The van der Waals surface area contributed by atoms with E-state index in [0.717, 1.165) is 23.7 Å². The fourth-order valence-corrected chi connectivity index (χ4v) is 5.62. The highest BCUT2D eigenvalue weighted by atomic mass is 79.9. The van der Waals surface area contributed by atoms with Crippen molar-refractivity contribution in [3.8, 4) is 11.5 Å². The van der Waals surface area contributed by atoms with Gasteiger partial charge in [-0.05, 0) is 62.2 Å². The summed E-state index contributed by atoms with van der Waals surface area (Å²) >= 11 is 3.38. The zero-order valence-electron chi connectivity index (χ0n) is 16.8. The lowest BCUT2D eigenvalue weighted by atomic mass is 10.1. The van der Waals surface area contributed by atoms with Gasteiger partial charge in [-0.2, -0.15) is 4.31 Å². The van der Waals surface area contributed by atoms with E-state index in [9.17, 15) is 13.2 Å². The summed E-state index contributed by atoms with van der Waals surface area (Å²) in [7, 11) is -3.59. The summed E-state index contributed by atoms with van der Waals surface area (Å²) in [6.45, 7) is 2.44. The number of carbonyl (C=O) groups is 1. The Bertz CT molecular complexity index is 1190. The predicted molar refractivity (Wildman–Crippen MR) is 119 cm³/mol. The van der Waals surface area contributed by atoms with Gasteiger partial charge >= 0.3 is 6.01 Å². The molecule has 0 bridgehead atoms. The van der Waals surface area contributed by atoms with Gasteiger partial charge in [0.15, 0.2) is 0 Å². The molecule has 0 spiro atoms. The molecule has 10 heteroatoms. The maximum atomic E-state index is 12.9. The Kier molecular flexibility index (Phi) is 6.22. The van der Waals surface area contributed by atoms with Crippen LogP contribution in [0.3, 0.4) is 0 Å². The van der Waals surface area contributed by atoms with Gasteiger partial charge in [-0.25, -0.2) is 8.42 Å². The quantitative estimate of drug-likeness (QED) is 0.554. The number of nitrogens with zero attached hydrogens (tertiary/aromatic N) is 3. The molecule has 0 saturated carbocycles. The molecule has 0 aliphatic carbocycles. The number of benzene rings is 2. The lowest BCUT2D eigenvalue weighted by molar-refractivity contribution is 0.102. The number of carbonyl (C=O) groups excluding carboxylic acids is 1. The number of sulfonamides is 1. The number of aromatic nitrogens is 2. The van der Waals surface area contributed by atoms with E-state index in [1.807, 2.05) is 31.2 Å². The molecule has 1 N–H and O–H groups in total. The van der Waals surface area contributed by atoms with E-state index in [1.54, 1.807) is 0 Å². The van der Waals surface area contributed by atoms with Crippen LogP contribution in [0.15, 0.2) is 62.3 Å². The first-order valence-corrected chi connectivity index (χ1v) is 12.1.